The second-order valence-electron chi connectivity index (χ2n) is 5.52. The van der Waals surface area contributed by atoms with Gasteiger partial charge in [-0.15, -0.1) is 0 Å². The lowest BCUT2D eigenvalue weighted by Gasteiger charge is -2.22. The molecular weight excluding hydrogens is 312 g/mol. The molecule has 0 bridgehead atoms. The minimum atomic E-state index is 0.408. The molecule has 114 valence electrons. The lowest BCUT2D eigenvalue weighted by Crippen LogP contribution is -2.21. The Bertz CT molecular complexity index is 393. The van der Waals surface area contributed by atoms with Gasteiger partial charge in [-0.3, -0.25) is 0 Å². The molecule has 1 rings (SSSR count). The molecule has 1 N–H and O–H groups in total. The summed E-state index contributed by atoms with van der Waals surface area (Å²) in [6.07, 6.45) is 5.01. The van der Waals surface area contributed by atoms with Gasteiger partial charge in [0.05, 0.1) is 5.69 Å². The van der Waals surface area contributed by atoms with E-state index in [9.17, 15) is 0 Å². The third-order valence-corrected chi connectivity index (χ3v) is 4.32. The Labute approximate surface area is 133 Å². The summed E-state index contributed by atoms with van der Waals surface area (Å²) in [5.74, 6) is 0. The molecule has 1 aromatic rings. The van der Waals surface area contributed by atoms with E-state index in [0.29, 0.717) is 6.04 Å². The maximum atomic E-state index is 3.72. The fourth-order valence-corrected chi connectivity index (χ4v) is 3.00. The lowest BCUT2D eigenvalue weighted by atomic mass is 10.1. The van der Waals surface area contributed by atoms with Crippen LogP contribution in [0.25, 0.3) is 0 Å². The van der Waals surface area contributed by atoms with Crippen LogP contribution in [0.4, 0.5) is 5.69 Å². The number of hydrogen-bond donors (Lipinski definition) is 1. The van der Waals surface area contributed by atoms with Crippen LogP contribution in [-0.4, -0.2) is 20.1 Å². The molecule has 0 fully saturated rings. The Kier molecular flexibility index (Phi) is 8.24. The third-order valence-electron chi connectivity index (χ3n) is 3.68. The van der Waals surface area contributed by atoms with Crippen molar-refractivity contribution in [1.82, 2.24) is 5.32 Å². The number of unbranched alkanes of at least 4 members (excludes halogenated alkanes) is 2. The second-order valence-corrected chi connectivity index (χ2v) is 6.37. The number of nitrogens with zero attached hydrogens (tertiary/aromatic N) is 1. The first kappa shape index (κ1) is 17.5. The van der Waals surface area contributed by atoms with Crippen LogP contribution in [0.2, 0.25) is 0 Å². The summed E-state index contributed by atoms with van der Waals surface area (Å²) in [5.41, 5.74) is 2.63. The van der Waals surface area contributed by atoms with Crippen molar-refractivity contribution in [3.8, 4) is 0 Å². The van der Waals surface area contributed by atoms with E-state index in [1.54, 1.807) is 0 Å². The van der Waals surface area contributed by atoms with Crippen LogP contribution in [0.15, 0.2) is 22.7 Å². The van der Waals surface area contributed by atoms with E-state index in [0.717, 1.165) is 13.1 Å². The zero-order valence-corrected chi connectivity index (χ0v) is 15.0. The number of rotatable bonds is 9. The molecule has 0 aliphatic rings. The summed E-state index contributed by atoms with van der Waals surface area (Å²) in [7, 11) is 2.17. The van der Waals surface area contributed by atoms with Crippen LogP contribution < -0.4 is 10.2 Å². The van der Waals surface area contributed by atoms with Gasteiger partial charge in [0.15, 0.2) is 0 Å². The molecule has 0 spiro atoms. The maximum absolute atomic E-state index is 3.72. The first-order valence-electron chi connectivity index (χ1n) is 7.84. The van der Waals surface area contributed by atoms with Gasteiger partial charge in [-0.1, -0.05) is 32.8 Å². The van der Waals surface area contributed by atoms with Crippen LogP contribution in [0, 0.1) is 0 Å². The van der Waals surface area contributed by atoms with Crippen molar-refractivity contribution in [2.45, 2.75) is 52.5 Å². The minimum absolute atomic E-state index is 0.408. The standard InChI is InChI=1S/C17H29BrN2/c1-5-7-8-12-20(4)17-10-9-15(13-16(17)18)14(3)19-11-6-2/h9-10,13-14,19H,5-8,11-12H2,1-4H3. The highest BCUT2D eigenvalue weighted by Crippen LogP contribution is 2.29. The van der Waals surface area contributed by atoms with Crippen molar-refractivity contribution < 1.29 is 0 Å². The van der Waals surface area contributed by atoms with E-state index in [1.165, 1.54) is 41.4 Å². The van der Waals surface area contributed by atoms with Gasteiger partial charge in [0.2, 0.25) is 0 Å². The summed E-state index contributed by atoms with van der Waals surface area (Å²) >= 11 is 3.72. The van der Waals surface area contributed by atoms with Gasteiger partial charge in [-0.05, 0) is 59.9 Å². The van der Waals surface area contributed by atoms with Gasteiger partial charge in [0.25, 0.3) is 0 Å². The average molecular weight is 341 g/mol. The SMILES string of the molecule is CCCCCN(C)c1ccc(C(C)NCCC)cc1Br. The topological polar surface area (TPSA) is 15.3 Å². The summed E-state index contributed by atoms with van der Waals surface area (Å²) in [6, 6.07) is 7.13. The number of anilines is 1. The van der Waals surface area contributed by atoms with Crippen LogP contribution >= 0.6 is 15.9 Å². The zero-order valence-electron chi connectivity index (χ0n) is 13.4. The Hall–Kier alpha value is -0.540. The van der Waals surface area contributed by atoms with Gasteiger partial charge in [-0.25, -0.2) is 0 Å². The zero-order chi connectivity index (χ0) is 15.0. The average Bonchev–Trinajstić information content (AvgIpc) is 2.44. The highest BCUT2D eigenvalue weighted by Gasteiger charge is 2.09. The lowest BCUT2D eigenvalue weighted by molar-refractivity contribution is 0.570. The number of benzene rings is 1. The predicted molar refractivity (Wildman–Crippen MR) is 93.6 cm³/mol. The highest BCUT2D eigenvalue weighted by atomic mass is 79.9. The molecule has 2 nitrogen and oxygen atoms in total. The van der Waals surface area contributed by atoms with Crippen molar-refractivity contribution in [3.05, 3.63) is 28.2 Å². The summed E-state index contributed by atoms with van der Waals surface area (Å²) in [5, 5.41) is 3.53. The normalized spacial score (nSPS) is 12.4. The minimum Gasteiger partial charge on any atom is -0.374 e. The molecule has 1 atom stereocenters. The van der Waals surface area contributed by atoms with E-state index in [-0.39, 0.29) is 0 Å². The fourth-order valence-electron chi connectivity index (χ4n) is 2.30. The monoisotopic (exact) mass is 340 g/mol. The van der Waals surface area contributed by atoms with E-state index >= 15 is 0 Å². The smallest absolute Gasteiger partial charge is 0.0508 e. The van der Waals surface area contributed by atoms with Gasteiger partial charge < -0.3 is 10.2 Å². The van der Waals surface area contributed by atoms with Gasteiger partial charge in [-0.2, -0.15) is 0 Å². The molecular formula is C17H29BrN2. The predicted octanol–water partition coefficient (Wildman–Crippen LogP) is 5.14. The number of hydrogen-bond acceptors (Lipinski definition) is 2. The molecule has 0 aliphatic carbocycles. The molecule has 1 unspecified atom stereocenters. The Balaban J connectivity index is 2.67. The van der Waals surface area contributed by atoms with Gasteiger partial charge >= 0.3 is 0 Å². The first-order chi connectivity index (χ1) is 9.60. The Morgan fingerprint density at radius 2 is 1.95 bits per heavy atom. The molecule has 1 aromatic carbocycles. The van der Waals surface area contributed by atoms with Crippen molar-refractivity contribution >= 4 is 21.6 Å². The van der Waals surface area contributed by atoms with E-state index in [4.69, 9.17) is 0 Å². The molecule has 0 aromatic heterocycles. The van der Waals surface area contributed by atoms with Crippen molar-refractivity contribution in [1.29, 1.82) is 0 Å². The Morgan fingerprint density at radius 3 is 2.55 bits per heavy atom. The summed E-state index contributed by atoms with van der Waals surface area (Å²) < 4.78 is 1.19. The molecule has 0 heterocycles. The van der Waals surface area contributed by atoms with Gasteiger partial charge in [0.1, 0.15) is 0 Å². The molecule has 0 saturated carbocycles. The Morgan fingerprint density at radius 1 is 1.20 bits per heavy atom. The van der Waals surface area contributed by atoms with Crippen LogP contribution in [-0.2, 0) is 0 Å². The molecule has 3 heteroatoms. The van der Waals surface area contributed by atoms with Crippen LogP contribution in [0.5, 0.6) is 0 Å². The van der Waals surface area contributed by atoms with E-state index in [1.807, 2.05) is 0 Å². The fraction of sp³-hybridized carbons (Fsp3) is 0.647. The first-order valence-corrected chi connectivity index (χ1v) is 8.63. The van der Waals surface area contributed by atoms with E-state index < -0.39 is 0 Å². The molecule has 0 radical (unpaired) electrons. The summed E-state index contributed by atoms with van der Waals surface area (Å²) in [6.45, 7) is 8.86. The highest BCUT2D eigenvalue weighted by molar-refractivity contribution is 9.10. The van der Waals surface area contributed by atoms with Crippen molar-refractivity contribution in [3.63, 3.8) is 0 Å². The van der Waals surface area contributed by atoms with Gasteiger partial charge in [0, 0.05) is 24.1 Å². The van der Waals surface area contributed by atoms with Crippen LogP contribution in [0.3, 0.4) is 0 Å². The van der Waals surface area contributed by atoms with Crippen molar-refractivity contribution in [2.75, 3.05) is 25.0 Å². The third kappa shape index (κ3) is 5.45. The van der Waals surface area contributed by atoms with Crippen LogP contribution in [0.1, 0.15) is 58.1 Å². The molecule has 0 saturated heterocycles. The maximum Gasteiger partial charge on any atom is 0.0508 e. The number of halogens is 1. The molecule has 0 aliphatic heterocycles. The second kappa shape index (κ2) is 9.41. The largest absolute Gasteiger partial charge is 0.374 e. The van der Waals surface area contributed by atoms with Crippen molar-refractivity contribution in [2.24, 2.45) is 0 Å². The summed E-state index contributed by atoms with van der Waals surface area (Å²) in [4.78, 5) is 2.34. The van der Waals surface area contributed by atoms with E-state index in [2.05, 4.69) is 72.2 Å². The molecule has 20 heavy (non-hydrogen) atoms. The molecule has 0 amide bonds. The quantitative estimate of drug-likeness (QED) is 0.626. The number of nitrogens with one attached hydrogen (secondary N) is 1.